The number of hydrogen-bond donors (Lipinski definition) is 1. The minimum Gasteiger partial charge on any atom is -0.486 e. The number of carbonyl (C=O) groups is 2. The molecule has 46 heavy (non-hydrogen) atoms. The predicted octanol–water partition coefficient (Wildman–Crippen LogP) is 6.22. The molecule has 2 amide bonds. The number of aryl methyl sites for hydroxylation is 1. The first-order valence-corrected chi connectivity index (χ1v) is 14.9. The van der Waals surface area contributed by atoms with Crippen molar-refractivity contribution in [2.45, 2.75) is 6.61 Å². The van der Waals surface area contributed by atoms with Crippen molar-refractivity contribution in [3.8, 4) is 11.8 Å². The number of nitrogens with zero attached hydrogens (tertiary/aromatic N) is 5. The largest absolute Gasteiger partial charge is 0.486 e. The molecule has 1 N–H and O–H groups in total. The van der Waals surface area contributed by atoms with Gasteiger partial charge in [-0.25, -0.2) is 0 Å². The zero-order valence-corrected chi connectivity index (χ0v) is 26.8. The van der Waals surface area contributed by atoms with Crippen LogP contribution >= 0.6 is 23.2 Å². The molecule has 0 aliphatic carbocycles. The van der Waals surface area contributed by atoms with Gasteiger partial charge in [-0.2, -0.15) is 4.98 Å². The number of rotatable bonds is 11. The molecule has 12 heteroatoms. The second-order valence-corrected chi connectivity index (χ2v) is 10.8. The maximum absolute atomic E-state index is 13.0. The molecular formula is C34H30Cl2N6O4. The molecule has 0 saturated heterocycles. The number of methoxy groups -OCH3 is 1. The Morgan fingerprint density at radius 3 is 2.54 bits per heavy atom. The van der Waals surface area contributed by atoms with E-state index in [4.69, 9.17) is 32.7 Å². The van der Waals surface area contributed by atoms with E-state index in [2.05, 4.69) is 20.3 Å². The standard InChI is InChI=1S/C34H30Cl2N6O4/c1-41(31(44)20-39-30(43)14-9-23-8-11-24(38-19-23)10-7-22-15-17-37-18-16-22)27-13-12-26(35)25(32(27)36)21-46-29-6-4-5-28-33(29)40-34(45-3)42(28)2/h4-19H,20-21H2,1-3H3,(H,39,43). The van der Waals surface area contributed by atoms with Crippen LogP contribution in [0.5, 0.6) is 11.8 Å². The first-order valence-electron chi connectivity index (χ1n) is 14.1. The van der Waals surface area contributed by atoms with Gasteiger partial charge in [0.05, 0.1) is 35.6 Å². The van der Waals surface area contributed by atoms with E-state index in [0.717, 1.165) is 22.3 Å². The van der Waals surface area contributed by atoms with E-state index in [0.29, 0.717) is 33.6 Å². The highest BCUT2D eigenvalue weighted by Crippen LogP contribution is 2.35. The quantitative estimate of drug-likeness (QED) is 0.168. The molecule has 5 aromatic rings. The number of fused-ring (bicyclic) bond motifs is 1. The summed E-state index contributed by atoms with van der Waals surface area (Å²) in [6, 6.07) is 16.8. The minimum absolute atomic E-state index is 0.0317. The molecular weight excluding hydrogens is 627 g/mol. The van der Waals surface area contributed by atoms with Crippen LogP contribution in [0.2, 0.25) is 10.0 Å². The molecule has 0 radical (unpaired) electrons. The average molecular weight is 658 g/mol. The number of carbonyl (C=O) groups excluding carboxylic acids is 2. The maximum Gasteiger partial charge on any atom is 0.296 e. The Morgan fingerprint density at radius 1 is 1.00 bits per heavy atom. The number of amides is 2. The van der Waals surface area contributed by atoms with Crippen LogP contribution in [0.3, 0.4) is 0 Å². The van der Waals surface area contributed by atoms with E-state index >= 15 is 0 Å². The van der Waals surface area contributed by atoms with Crippen LogP contribution in [0.15, 0.2) is 79.3 Å². The van der Waals surface area contributed by atoms with E-state index in [-0.39, 0.29) is 24.1 Å². The summed E-state index contributed by atoms with van der Waals surface area (Å²) in [6.45, 7) is -0.213. The van der Waals surface area contributed by atoms with Gasteiger partial charge in [-0.15, -0.1) is 0 Å². The van der Waals surface area contributed by atoms with Crippen molar-refractivity contribution < 1.29 is 19.1 Å². The van der Waals surface area contributed by atoms with Crippen molar-refractivity contribution in [3.05, 3.63) is 112 Å². The number of nitrogens with one attached hydrogen (secondary N) is 1. The highest BCUT2D eigenvalue weighted by atomic mass is 35.5. The Balaban J connectivity index is 1.17. The summed E-state index contributed by atoms with van der Waals surface area (Å²) in [6.07, 6.45) is 11.9. The van der Waals surface area contributed by atoms with Crippen LogP contribution in [0.25, 0.3) is 29.3 Å². The number of anilines is 1. The lowest BCUT2D eigenvalue weighted by molar-refractivity contribution is -0.122. The van der Waals surface area contributed by atoms with Gasteiger partial charge in [0.1, 0.15) is 17.9 Å². The topological polar surface area (TPSA) is 111 Å². The summed E-state index contributed by atoms with van der Waals surface area (Å²) in [5.41, 5.74) is 4.91. The number of para-hydroxylation sites is 1. The molecule has 0 bridgehead atoms. The molecule has 0 atom stereocenters. The van der Waals surface area contributed by atoms with Crippen LogP contribution in [-0.2, 0) is 23.2 Å². The molecule has 5 rings (SSSR count). The molecule has 3 heterocycles. The van der Waals surface area contributed by atoms with Crippen LogP contribution in [-0.4, -0.2) is 52.0 Å². The lowest BCUT2D eigenvalue weighted by Crippen LogP contribution is -2.37. The van der Waals surface area contributed by atoms with Crippen molar-refractivity contribution in [3.63, 3.8) is 0 Å². The van der Waals surface area contributed by atoms with E-state index < -0.39 is 5.91 Å². The average Bonchev–Trinajstić information content (AvgIpc) is 3.41. The second kappa shape index (κ2) is 14.7. The Morgan fingerprint density at radius 2 is 1.80 bits per heavy atom. The number of ether oxygens (including phenoxy) is 2. The Hall–Kier alpha value is -5.19. The third-order valence-electron chi connectivity index (χ3n) is 7.09. The fourth-order valence-electron chi connectivity index (χ4n) is 4.51. The fraction of sp³-hybridized carbons (Fsp3) is 0.147. The third-order valence-corrected chi connectivity index (χ3v) is 7.87. The molecule has 0 aliphatic rings. The van der Waals surface area contributed by atoms with E-state index in [1.807, 2.05) is 60.2 Å². The van der Waals surface area contributed by atoms with Crippen LogP contribution in [0.1, 0.15) is 22.4 Å². The Bertz CT molecular complexity index is 1920. The van der Waals surface area contributed by atoms with Gasteiger partial charge in [-0.1, -0.05) is 41.4 Å². The minimum atomic E-state index is -0.431. The Labute approximate surface area is 275 Å². The van der Waals surface area contributed by atoms with Crippen LogP contribution < -0.4 is 19.7 Å². The number of benzene rings is 2. The van der Waals surface area contributed by atoms with Crippen LogP contribution in [0, 0.1) is 0 Å². The number of likely N-dealkylation sites (N-methyl/N-ethyl adjacent to an activating group) is 1. The number of aromatic nitrogens is 4. The lowest BCUT2D eigenvalue weighted by Gasteiger charge is -2.21. The Kier molecular flexibility index (Phi) is 10.3. The number of pyridine rings is 2. The van der Waals surface area contributed by atoms with Crippen molar-refractivity contribution in [1.29, 1.82) is 0 Å². The smallest absolute Gasteiger partial charge is 0.296 e. The molecule has 2 aromatic carbocycles. The molecule has 234 valence electrons. The molecule has 3 aromatic heterocycles. The molecule has 0 fully saturated rings. The summed E-state index contributed by atoms with van der Waals surface area (Å²) < 4.78 is 13.2. The van der Waals surface area contributed by atoms with E-state index in [9.17, 15) is 9.59 Å². The van der Waals surface area contributed by atoms with E-state index in [1.54, 1.807) is 57.0 Å². The normalized spacial score (nSPS) is 11.3. The second-order valence-electron chi connectivity index (χ2n) is 10.1. The van der Waals surface area contributed by atoms with Crippen molar-refractivity contribution >= 4 is 70.0 Å². The number of hydrogen-bond acceptors (Lipinski definition) is 7. The summed E-state index contributed by atoms with van der Waals surface area (Å²) in [7, 11) is 4.97. The highest BCUT2D eigenvalue weighted by Gasteiger charge is 2.20. The molecule has 10 nitrogen and oxygen atoms in total. The number of imidazole rings is 1. The summed E-state index contributed by atoms with van der Waals surface area (Å²) in [5, 5.41) is 3.24. The fourth-order valence-corrected chi connectivity index (χ4v) is 5.12. The van der Waals surface area contributed by atoms with Crippen LogP contribution in [0.4, 0.5) is 5.69 Å². The predicted molar refractivity (Wildman–Crippen MR) is 181 cm³/mol. The lowest BCUT2D eigenvalue weighted by atomic mass is 10.2. The summed E-state index contributed by atoms with van der Waals surface area (Å²) in [5.74, 6) is -0.283. The summed E-state index contributed by atoms with van der Waals surface area (Å²) >= 11 is 13.2. The summed E-state index contributed by atoms with van der Waals surface area (Å²) in [4.78, 5) is 39.7. The molecule has 0 spiro atoms. The molecule has 0 unspecified atom stereocenters. The maximum atomic E-state index is 13.0. The number of halogens is 2. The zero-order valence-electron chi connectivity index (χ0n) is 25.3. The van der Waals surface area contributed by atoms with Gasteiger partial charge in [-0.3, -0.25) is 24.1 Å². The zero-order chi connectivity index (χ0) is 32.6. The van der Waals surface area contributed by atoms with Gasteiger partial charge >= 0.3 is 0 Å². The van der Waals surface area contributed by atoms with E-state index in [1.165, 1.54) is 11.0 Å². The first kappa shape index (κ1) is 32.2. The highest BCUT2D eigenvalue weighted by molar-refractivity contribution is 6.38. The van der Waals surface area contributed by atoms with Crippen molar-refractivity contribution in [2.24, 2.45) is 7.05 Å². The van der Waals surface area contributed by atoms with Gasteiger partial charge in [0.25, 0.3) is 6.01 Å². The van der Waals surface area contributed by atoms with Gasteiger partial charge < -0.3 is 19.7 Å². The van der Waals surface area contributed by atoms with Crippen molar-refractivity contribution in [2.75, 3.05) is 25.6 Å². The molecule has 0 saturated carbocycles. The van der Waals surface area contributed by atoms with Gasteiger partial charge in [0.2, 0.25) is 11.8 Å². The SMILES string of the molecule is COc1nc2c(OCc3c(Cl)ccc(N(C)C(=O)CNC(=O)C=Cc4ccc(C=Cc5ccncc5)nc4)c3Cl)cccc2n1C. The van der Waals surface area contributed by atoms with Gasteiger partial charge in [0.15, 0.2) is 0 Å². The van der Waals surface area contributed by atoms with Crippen molar-refractivity contribution in [1.82, 2.24) is 24.8 Å². The third kappa shape index (κ3) is 7.53. The van der Waals surface area contributed by atoms with Gasteiger partial charge in [0, 0.05) is 49.3 Å². The monoisotopic (exact) mass is 656 g/mol. The van der Waals surface area contributed by atoms with Gasteiger partial charge in [-0.05, 0) is 65.7 Å². The first-order chi connectivity index (χ1) is 22.2. The molecule has 0 aliphatic heterocycles.